The molecule has 82 valence electrons. The number of halogens is 1. The number of benzene rings is 1. The molecular formula is C7H7BrN2O4S. The van der Waals surface area contributed by atoms with E-state index in [-0.39, 0.29) is 15.7 Å². The van der Waals surface area contributed by atoms with Gasteiger partial charge in [-0.1, -0.05) is 12.1 Å². The number of hydrogen-bond acceptors (Lipinski definition) is 4. The maximum Gasteiger partial charge on any atom is 0.283 e. The minimum Gasteiger partial charge on any atom is -0.258 e. The number of nitro benzene ring substituents is 1. The number of primary sulfonamides is 1. The second-order valence-electron chi connectivity index (χ2n) is 2.81. The molecule has 0 saturated carbocycles. The van der Waals surface area contributed by atoms with Crippen molar-refractivity contribution in [2.24, 2.45) is 5.14 Å². The summed E-state index contributed by atoms with van der Waals surface area (Å²) in [5.74, 6) is -0.435. The Hall–Kier alpha value is -0.990. The molecule has 0 aliphatic heterocycles. The van der Waals surface area contributed by atoms with Gasteiger partial charge in [-0.05, 0) is 21.5 Å². The highest BCUT2D eigenvalue weighted by molar-refractivity contribution is 9.10. The molecule has 0 atom stereocenters. The van der Waals surface area contributed by atoms with Crippen molar-refractivity contribution in [2.45, 2.75) is 5.75 Å². The van der Waals surface area contributed by atoms with Crippen molar-refractivity contribution in [3.8, 4) is 0 Å². The third kappa shape index (κ3) is 3.26. The number of nitrogens with zero attached hydrogens (tertiary/aromatic N) is 1. The zero-order chi connectivity index (χ0) is 11.6. The third-order valence-electron chi connectivity index (χ3n) is 1.61. The highest BCUT2D eigenvalue weighted by Crippen LogP contribution is 2.28. The van der Waals surface area contributed by atoms with Gasteiger partial charge in [0.25, 0.3) is 5.69 Å². The molecule has 0 bridgehead atoms. The average molecular weight is 295 g/mol. The van der Waals surface area contributed by atoms with Crippen molar-refractivity contribution in [1.82, 2.24) is 0 Å². The highest BCUT2D eigenvalue weighted by atomic mass is 79.9. The van der Waals surface area contributed by atoms with E-state index in [0.29, 0.717) is 0 Å². The fraction of sp³-hybridized carbons (Fsp3) is 0.143. The molecule has 0 radical (unpaired) electrons. The molecule has 0 heterocycles. The molecule has 0 amide bonds. The van der Waals surface area contributed by atoms with Crippen LogP contribution in [-0.2, 0) is 15.8 Å². The van der Waals surface area contributed by atoms with Crippen LogP contribution in [0.1, 0.15) is 5.56 Å². The van der Waals surface area contributed by atoms with Crippen molar-refractivity contribution in [3.05, 3.63) is 38.3 Å². The molecule has 0 unspecified atom stereocenters. The summed E-state index contributed by atoms with van der Waals surface area (Å²) in [4.78, 5) is 9.93. The molecule has 1 rings (SSSR count). The normalized spacial score (nSPS) is 11.3. The van der Waals surface area contributed by atoms with E-state index in [0.717, 1.165) is 0 Å². The van der Waals surface area contributed by atoms with Crippen molar-refractivity contribution in [3.63, 3.8) is 0 Å². The molecule has 1 aromatic carbocycles. The van der Waals surface area contributed by atoms with Gasteiger partial charge in [-0.15, -0.1) is 0 Å². The summed E-state index contributed by atoms with van der Waals surface area (Å²) in [7, 11) is -3.69. The van der Waals surface area contributed by atoms with E-state index < -0.39 is 20.7 Å². The molecule has 8 heteroatoms. The Morgan fingerprint density at radius 3 is 2.53 bits per heavy atom. The van der Waals surface area contributed by atoms with Gasteiger partial charge in [0.2, 0.25) is 10.0 Å². The fourth-order valence-electron chi connectivity index (χ4n) is 1.04. The van der Waals surface area contributed by atoms with Gasteiger partial charge in [0.15, 0.2) is 0 Å². The highest BCUT2D eigenvalue weighted by Gasteiger charge is 2.17. The van der Waals surface area contributed by atoms with E-state index in [9.17, 15) is 18.5 Å². The van der Waals surface area contributed by atoms with Gasteiger partial charge in [-0.2, -0.15) is 0 Å². The first-order valence-electron chi connectivity index (χ1n) is 3.73. The molecule has 2 N–H and O–H groups in total. The molecule has 0 fully saturated rings. The quantitative estimate of drug-likeness (QED) is 0.667. The second kappa shape index (κ2) is 4.25. The second-order valence-corrected chi connectivity index (χ2v) is 5.22. The van der Waals surface area contributed by atoms with Gasteiger partial charge in [0, 0.05) is 6.07 Å². The Balaban J connectivity index is 3.22. The molecule has 15 heavy (non-hydrogen) atoms. The first-order chi connectivity index (χ1) is 6.81. The Morgan fingerprint density at radius 2 is 2.07 bits per heavy atom. The first-order valence-corrected chi connectivity index (χ1v) is 6.24. The first kappa shape index (κ1) is 12.1. The predicted octanol–water partition coefficient (Wildman–Crippen LogP) is 1.15. The minimum atomic E-state index is -3.69. The van der Waals surface area contributed by atoms with E-state index in [1.54, 1.807) is 0 Å². The van der Waals surface area contributed by atoms with E-state index in [1.165, 1.54) is 18.2 Å². The van der Waals surface area contributed by atoms with Crippen LogP contribution in [0.4, 0.5) is 5.69 Å². The van der Waals surface area contributed by atoms with E-state index >= 15 is 0 Å². The van der Waals surface area contributed by atoms with Gasteiger partial charge in [-0.25, -0.2) is 13.6 Å². The minimum absolute atomic E-state index is 0.143. The monoisotopic (exact) mass is 294 g/mol. The molecule has 0 spiro atoms. The summed E-state index contributed by atoms with van der Waals surface area (Å²) in [5.41, 5.74) is 0.0860. The summed E-state index contributed by atoms with van der Waals surface area (Å²) in [6, 6.07) is 4.14. The molecule has 0 aliphatic carbocycles. The van der Waals surface area contributed by atoms with Crippen LogP contribution in [0.3, 0.4) is 0 Å². The van der Waals surface area contributed by atoms with Gasteiger partial charge < -0.3 is 0 Å². The number of nitro groups is 1. The lowest BCUT2D eigenvalue weighted by Gasteiger charge is -2.02. The number of nitrogens with two attached hydrogens (primary N) is 1. The van der Waals surface area contributed by atoms with Crippen LogP contribution in [0.2, 0.25) is 0 Å². The maximum atomic E-state index is 10.8. The fourth-order valence-corrected chi connectivity index (χ4v) is 2.44. The molecule has 6 nitrogen and oxygen atoms in total. The standard InChI is InChI=1S/C7H7BrN2O4S/c8-7-5(4-15(9,13)14)2-1-3-6(7)10(11)12/h1-3H,4H2,(H2,9,13,14). The molecule has 0 aromatic heterocycles. The third-order valence-corrected chi connectivity index (χ3v) is 3.24. The molecule has 1 aromatic rings. The zero-order valence-corrected chi connectivity index (χ0v) is 9.79. The molecular weight excluding hydrogens is 288 g/mol. The number of sulfonamides is 1. The van der Waals surface area contributed by atoms with Crippen LogP contribution in [0.25, 0.3) is 0 Å². The smallest absolute Gasteiger partial charge is 0.258 e. The molecule has 0 aliphatic rings. The average Bonchev–Trinajstić information content (AvgIpc) is 2.05. The summed E-state index contributed by atoms with van der Waals surface area (Å²) in [6.45, 7) is 0. The molecule has 0 saturated heterocycles. The lowest BCUT2D eigenvalue weighted by atomic mass is 10.2. The summed E-state index contributed by atoms with van der Waals surface area (Å²) < 4.78 is 21.8. The summed E-state index contributed by atoms with van der Waals surface area (Å²) in [6.07, 6.45) is 0. The zero-order valence-electron chi connectivity index (χ0n) is 7.38. The van der Waals surface area contributed by atoms with E-state index in [4.69, 9.17) is 5.14 Å². The van der Waals surface area contributed by atoms with E-state index in [2.05, 4.69) is 15.9 Å². The van der Waals surface area contributed by atoms with Crippen LogP contribution in [-0.4, -0.2) is 13.3 Å². The largest absolute Gasteiger partial charge is 0.283 e. The van der Waals surface area contributed by atoms with Crippen LogP contribution < -0.4 is 5.14 Å². The van der Waals surface area contributed by atoms with Gasteiger partial charge in [0.05, 0.1) is 15.1 Å². The van der Waals surface area contributed by atoms with Gasteiger partial charge >= 0.3 is 0 Å². The summed E-state index contributed by atoms with van der Waals surface area (Å²) in [5, 5.41) is 15.4. The topological polar surface area (TPSA) is 103 Å². The van der Waals surface area contributed by atoms with Crippen molar-refractivity contribution in [1.29, 1.82) is 0 Å². The number of rotatable bonds is 3. The Labute approximate surface area is 94.4 Å². The van der Waals surface area contributed by atoms with Crippen molar-refractivity contribution < 1.29 is 13.3 Å². The Morgan fingerprint density at radius 1 is 1.47 bits per heavy atom. The van der Waals surface area contributed by atoms with Crippen LogP contribution in [0.15, 0.2) is 22.7 Å². The predicted molar refractivity (Wildman–Crippen MR) is 57.6 cm³/mol. The Kier molecular flexibility index (Phi) is 3.42. The van der Waals surface area contributed by atoms with Crippen LogP contribution >= 0.6 is 15.9 Å². The van der Waals surface area contributed by atoms with Crippen LogP contribution in [0.5, 0.6) is 0 Å². The maximum absolute atomic E-state index is 10.8. The SMILES string of the molecule is NS(=O)(=O)Cc1cccc([N+](=O)[O-])c1Br. The van der Waals surface area contributed by atoms with Gasteiger partial charge in [0.1, 0.15) is 0 Å². The van der Waals surface area contributed by atoms with E-state index in [1.807, 2.05) is 0 Å². The van der Waals surface area contributed by atoms with Crippen LogP contribution in [0, 0.1) is 10.1 Å². The lowest BCUT2D eigenvalue weighted by molar-refractivity contribution is -0.385. The van der Waals surface area contributed by atoms with Crippen molar-refractivity contribution >= 4 is 31.6 Å². The summed E-state index contributed by atoms with van der Waals surface area (Å²) >= 11 is 2.97. The van der Waals surface area contributed by atoms with Gasteiger partial charge in [-0.3, -0.25) is 10.1 Å². The lowest BCUT2D eigenvalue weighted by Crippen LogP contribution is -2.15. The van der Waals surface area contributed by atoms with Crippen molar-refractivity contribution in [2.75, 3.05) is 0 Å². The number of hydrogen-bond donors (Lipinski definition) is 1. The Bertz CT molecular complexity index is 500.